The number of nitrogens with zero attached hydrogens (tertiary/aromatic N) is 3. The Bertz CT molecular complexity index is 700. The standard InChI is InChI=1S/C9H7N2.C9H6NS.Pt/c1-2-5-9(6-3-1)11-8-4-7-10-11;1-2-4-8(5-3-1)9-6-11-7-10-9;/h1-5,7-8H;1-4,6-7H;/q2*-1;+2. The largest absolute Gasteiger partial charge is 2.00 e. The van der Waals surface area contributed by atoms with E-state index in [-0.39, 0.29) is 21.1 Å². The third-order valence-corrected chi connectivity index (χ3v) is 3.45. The number of thiazole rings is 1. The van der Waals surface area contributed by atoms with Gasteiger partial charge >= 0.3 is 21.1 Å². The SMILES string of the molecule is [Pt+2].[c-]1ccccc1-c1cscn1.[c-]1ccccc1-n1cccn1. The van der Waals surface area contributed by atoms with E-state index in [1.165, 1.54) is 0 Å². The first-order valence-electron chi connectivity index (χ1n) is 6.75. The Morgan fingerprint density at radius 2 is 1.78 bits per heavy atom. The molecule has 2 aromatic heterocycles. The summed E-state index contributed by atoms with van der Waals surface area (Å²) in [5.41, 5.74) is 4.87. The Morgan fingerprint density at radius 3 is 2.35 bits per heavy atom. The summed E-state index contributed by atoms with van der Waals surface area (Å²) in [4.78, 5) is 4.17. The summed E-state index contributed by atoms with van der Waals surface area (Å²) in [6, 6.07) is 23.7. The molecule has 3 nitrogen and oxygen atoms in total. The minimum atomic E-state index is 0. The molecular formula is C18H13N3PtS. The summed E-state index contributed by atoms with van der Waals surface area (Å²) >= 11 is 1.60. The minimum absolute atomic E-state index is 0. The van der Waals surface area contributed by atoms with Gasteiger partial charge in [-0.2, -0.15) is 29.4 Å². The van der Waals surface area contributed by atoms with Gasteiger partial charge < -0.3 is 0 Å². The van der Waals surface area contributed by atoms with Crippen molar-refractivity contribution < 1.29 is 21.1 Å². The molecule has 0 atom stereocenters. The number of aromatic nitrogens is 3. The minimum Gasteiger partial charge on any atom is -0.293 e. The molecule has 4 aromatic rings. The van der Waals surface area contributed by atoms with Crippen molar-refractivity contribution in [3.63, 3.8) is 0 Å². The third-order valence-electron chi connectivity index (χ3n) is 2.86. The van der Waals surface area contributed by atoms with Crippen LogP contribution >= 0.6 is 11.3 Å². The fourth-order valence-corrected chi connectivity index (χ4v) is 2.39. The molecule has 0 N–H and O–H groups in total. The van der Waals surface area contributed by atoms with Gasteiger partial charge in [0.1, 0.15) is 0 Å². The summed E-state index contributed by atoms with van der Waals surface area (Å²) in [7, 11) is 0. The molecule has 0 aliphatic carbocycles. The molecule has 0 aliphatic rings. The van der Waals surface area contributed by atoms with Crippen molar-refractivity contribution >= 4 is 11.3 Å². The Hall–Kier alpha value is -2.03. The number of hydrogen-bond donors (Lipinski definition) is 0. The van der Waals surface area contributed by atoms with Crippen molar-refractivity contribution in [2.45, 2.75) is 0 Å². The Balaban J connectivity index is 0.000000160. The second-order valence-electron chi connectivity index (χ2n) is 4.35. The van der Waals surface area contributed by atoms with Crippen LogP contribution in [0.5, 0.6) is 0 Å². The van der Waals surface area contributed by atoms with Crippen molar-refractivity contribution in [3.8, 4) is 16.9 Å². The molecule has 2 aromatic carbocycles. The third kappa shape index (κ3) is 4.98. The topological polar surface area (TPSA) is 30.7 Å². The van der Waals surface area contributed by atoms with E-state index in [1.54, 1.807) is 22.2 Å². The van der Waals surface area contributed by atoms with Crippen LogP contribution in [0.4, 0.5) is 0 Å². The molecule has 0 radical (unpaired) electrons. The van der Waals surface area contributed by atoms with E-state index in [4.69, 9.17) is 0 Å². The maximum Gasteiger partial charge on any atom is 2.00 e. The summed E-state index contributed by atoms with van der Waals surface area (Å²) in [6.45, 7) is 0. The van der Waals surface area contributed by atoms with Gasteiger partial charge in [0.15, 0.2) is 0 Å². The molecule has 0 saturated heterocycles. The van der Waals surface area contributed by atoms with Gasteiger partial charge in [0.05, 0.1) is 5.51 Å². The molecule has 0 amide bonds. The molecule has 0 aliphatic heterocycles. The monoisotopic (exact) mass is 498 g/mol. The van der Waals surface area contributed by atoms with Crippen molar-refractivity contribution in [1.82, 2.24) is 14.8 Å². The second-order valence-corrected chi connectivity index (χ2v) is 5.07. The zero-order valence-corrected chi connectivity index (χ0v) is 15.2. The molecule has 0 saturated carbocycles. The van der Waals surface area contributed by atoms with Crippen LogP contribution in [0, 0.1) is 12.1 Å². The van der Waals surface area contributed by atoms with Crippen LogP contribution in [0.3, 0.4) is 0 Å². The second kappa shape index (κ2) is 9.18. The molecule has 2 heterocycles. The maximum atomic E-state index is 4.17. The van der Waals surface area contributed by atoms with Crippen LogP contribution in [0.15, 0.2) is 77.9 Å². The Morgan fingerprint density at radius 1 is 0.957 bits per heavy atom. The summed E-state index contributed by atoms with van der Waals surface area (Å²) in [5.74, 6) is 0. The van der Waals surface area contributed by atoms with Crippen LogP contribution in [0.2, 0.25) is 0 Å². The van der Waals surface area contributed by atoms with Crippen LogP contribution in [-0.4, -0.2) is 14.8 Å². The molecule has 0 fully saturated rings. The van der Waals surface area contributed by atoms with Gasteiger partial charge in [0.2, 0.25) is 0 Å². The molecule has 4 rings (SSSR count). The molecule has 5 heteroatoms. The van der Waals surface area contributed by atoms with Crippen LogP contribution < -0.4 is 0 Å². The van der Waals surface area contributed by atoms with E-state index in [1.807, 2.05) is 71.7 Å². The number of para-hydroxylation sites is 1. The van der Waals surface area contributed by atoms with Gasteiger partial charge in [-0.25, -0.2) is 0 Å². The van der Waals surface area contributed by atoms with E-state index < -0.39 is 0 Å². The van der Waals surface area contributed by atoms with Gasteiger partial charge in [-0.3, -0.25) is 9.67 Å². The van der Waals surface area contributed by atoms with Crippen molar-refractivity contribution in [3.05, 3.63) is 90.0 Å². The molecule has 0 bridgehead atoms. The zero-order valence-electron chi connectivity index (χ0n) is 12.1. The average Bonchev–Trinajstić information content (AvgIpc) is 3.31. The predicted molar refractivity (Wildman–Crippen MR) is 88.8 cm³/mol. The predicted octanol–water partition coefficient (Wildman–Crippen LogP) is 4.28. The maximum absolute atomic E-state index is 4.17. The normalized spacial score (nSPS) is 9.39. The Labute approximate surface area is 153 Å². The number of hydrogen-bond acceptors (Lipinski definition) is 3. The molecule has 23 heavy (non-hydrogen) atoms. The summed E-state index contributed by atoms with van der Waals surface area (Å²) in [5, 5.41) is 6.09. The van der Waals surface area contributed by atoms with Gasteiger partial charge in [-0.1, -0.05) is 0 Å². The first-order chi connectivity index (χ1) is 10.9. The van der Waals surface area contributed by atoms with Crippen molar-refractivity contribution in [1.29, 1.82) is 0 Å². The molecule has 116 valence electrons. The first kappa shape index (κ1) is 17.3. The van der Waals surface area contributed by atoms with E-state index in [0.717, 1.165) is 16.9 Å². The van der Waals surface area contributed by atoms with Gasteiger partial charge in [-0.05, 0) is 22.8 Å². The first-order valence-corrected chi connectivity index (χ1v) is 7.70. The van der Waals surface area contributed by atoms with Crippen molar-refractivity contribution in [2.75, 3.05) is 0 Å². The summed E-state index contributed by atoms with van der Waals surface area (Å²) < 4.78 is 1.78. The fourth-order valence-electron chi connectivity index (χ4n) is 1.84. The Kier molecular flexibility index (Phi) is 6.92. The van der Waals surface area contributed by atoms with Crippen LogP contribution in [0.1, 0.15) is 0 Å². The van der Waals surface area contributed by atoms with E-state index in [0.29, 0.717) is 0 Å². The number of rotatable bonds is 2. The number of benzene rings is 2. The van der Waals surface area contributed by atoms with Gasteiger partial charge in [-0.15, -0.1) is 53.3 Å². The van der Waals surface area contributed by atoms with Gasteiger partial charge in [0.25, 0.3) is 0 Å². The van der Waals surface area contributed by atoms with Crippen LogP contribution in [0.25, 0.3) is 16.9 Å². The van der Waals surface area contributed by atoms with E-state index in [2.05, 4.69) is 22.2 Å². The molecule has 0 spiro atoms. The van der Waals surface area contributed by atoms with Crippen LogP contribution in [-0.2, 0) is 21.1 Å². The molecular weight excluding hydrogens is 485 g/mol. The van der Waals surface area contributed by atoms with Gasteiger partial charge in [0, 0.05) is 12.4 Å². The average molecular weight is 498 g/mol. The van der Waals surface area contributed by atoms with E-state index >= 15 is 0 Å². The summed E-state index contributed by atoms with van der Waals surface area (Å²) in [6.07, 6.45) is 3.65. The zero-order chi connectivity index (χ0) is 15.0. The molecule has 0 unspecified atom stereocenters. The van der Waals surface area contributed by atoms with E-state index in [9.17, 15) is 0 Å². The smallest absolute Gasteiger partial charge is 0.293 e. The quantitative estimate of drug-likeness (QED) is 0.387. The van der Waals surface area contributed by atoms with Crippen molar-refractivity contribution in [2.24, 2.45) is 0 Å². The fraction of sp³-hybridized carbons (Fsp3) is 0.